The average molecular weight is 283 g/mol. The van der Waals surface area contributed by atoms with Crippen LogP contribution in [0.25, 0.3) is 11.0 Å². The first-order valence-corrected chi connectivity index (χ1v) is 7.52. The largest absolute Gasteiger partial charge is 0.323 e. The van der Waals surface area contributed by atoms with Crippen LogP contribution >= 0.6 is 0 Å². The van der Waals surface area contributed by atoms with Crippen LogP contribution in [0.15, 0.2) is 27.8 Å². The van der Waals surface area contributed by atoms with E-state index in [1.807, 2.05) is 0 Å². The van der Waals surface area contributed by atoms with Crippen molar-refractivity contribution in [1.29, 1.82) is 0 Å². The van der Waals surface area contributed by atoms with Gasteiger partial charge in [0.05, 0.1) is 16.8 Å². The molecule has 2 aromatic rings. The van der Waals surface area contributed by atoms with E-state index in [0.717, 1.165) is 6.26 Å². The zero-order chi connectivity index (χ0) is 14.2. The molecular formula is C11H13N3O4S. The van der Waals surface area contributed by atoms with E-state index in [1.165, 1.54) is 0 Å². The van der Waals surface area contributed by atoms with E-state index in [-0.39, 0.29) is 5.75 Å². The number of rotatable bonds is 3. The normalized spacial score (nSPS) is 13.6. The number of H-pyrrole nitrogens is 2. The van der Waals surface area contributed by atoms with E-state index in [0.29, 0.717) is 16.6 Å². The number of nitrogens with two attached hydrogens (primary N) is 1. The standard InChI is InChI=1S/C11H13N3O4S/c1-19(17,18)5-7(12)6-2-3-8-9(4-6)14-11(16)10(15)13-8/h2-4,7H,5,12H2,1H3,(H,13,15)(H,14,16). The smallest absolute Gasteiger partial charge is 0.314 e. The van der Waals surface area contributed by atoms with Gasteiger partial charge < -0.3 is 15.7 Å². The molecule has 0 bridgehead atoms. The van der Waals surface area contributed by atoms with Crippen molar-refractivity contribution < 1.29 is 8.42 Å². The van der Waals surface area contributed by atoms with Crippen LogP contribution in [0, 0.1) is 0 Å². The van der Waals surface area contributed by atoms with Crippen molar-refractivity contribution in [3.8, 4) is 0 Å². The number of fused-ring (bicyclic) bond motifs is 1. The topological polar surface area (TPSA) is 126 Å². The summed E-state index contributed by atoms with van der Waals surface area (Å²) in [7, 11) is -3.19. The Hall–Kier alpha value is -1.93. The number of benzene rings is 1. The number of hydrogen-bond donors (Lipinski definition) is 3. The van der Waals surface area contributed by atoms with Gasteiger partial charge in [0.25, 0.3) is 0 Å². The Labute approximate surface area is 108 Å². The van der Waals surface area contributed by atoms with Crippen molar-refractivity contribution in [2.24, 2.45) is 5.73 Å². The molecule has 0 aliphatic heterocycles. The Kier molecular flexibility index (Phi) is 3.29. The molecule has 0 aliphatic carbocycles. The van der Waals surface area contributed by atoms with E-state index in [1.54, 1.807) is 18.2 Å². The highest BCUT2D eigenvalue weighted by molar-refractivity contribution is 7.90. The third kappa shape index (κ3) is 3.09. The van der Waals surface area contributed by atoms with Gasteiger partial charge in [-0.15, -0.1) is 0 Å². The van der Waals surface area contributed by atoms with Crippen LogP contribution < -0.4 is 16.9 Å². The summed E-state index contributed by atoms with van der Waals surface area (Å²) >= 11 is 0. The summed E-state index contributed by atoms with van der Waals surface area (Å²) in [5, 5.41) is 0. The fourth-order valence-corrected chi connectivity index (χ4v) is 2.63. The van der Waals surface area contributed by atoms with E-state index < -0.39 is 27.0 Å². The van der Waals surface area contributed by atoms with Gasteiger partial charge in [0.1, 0.15) is 9.84 Å². The van der Waals surface area contributed by atoms with Gasteiger partial charge in [-0.05, 0) is 17.7 Å². The van der Waals surface area contributed by atoms with Crippen molar-refractivity contribution in [3.05, 3.63) is 44.5 Å². The highest BCUT2D eigenvalue weighted by Crippen LogP contribution is 2.16. The van der Waals surface area contributed by atoms with Gasteiger partial charge in [0, 0.05) is 12.3 Å². The van der Waals surface area contributed by atoms with Crippen molar-refractivity contribution in [3.63, 3.8) is 0 Å². The molecule has 7 nitrogen and oxygen atoms in total. The Morgan fingerprint density at radius 3 is 2.32 bits per heavy atom. The molecule has 0 saturated heterocycles. The van der Waals surface area contributed by atoms with E-state index >= 15 is 0 Å². The highest BCUT2D eigenvalue weighted by atomic mass is 32.2. The van der Waals surface area contributed by atoms with Gasteiger partial charge in [-0.2, -0.15) is 0 Å². The lowest BCUT2D eigenvalue weighted by Crippen LogP contribution is -2.29. The first-order chi connectivity index (χ1) is 8.76. The predicted octanol–water partition coefficient (Wildman–Crippen LogP) is -0.739. The molecule has 0 spiro atoms. The molecule has 19 heavy (non-hydrogen) atoms. The van der Waals surface area contributed by atoms with Crippen molar-refractivity contribution in [2.75, 3.05) is 12.0 Å². The quantitative estimate of drug-likeness (QED) is 0.640. The maximum Gasteiger partial charge on any atom is 0.314 e. The SMILES string of the molecule is CS(=O)(=O)CC(N)c1ccc2[nH]c(=O)c(=O)[nH]c2c1. The van der Waals surface area contributed by atoms with Crippen molar-refractivity contribution >= 4 is 20.9 Å². The zero-order valence-corrected chi connectivity index (χ0v) is 11.0. The van der Waals surface area contributed by atoms with Gasteiger partial charge >= 0.3 is 11.1 Å². The summed E-state index contributed by atoms with van der Waals surface area (Å²) in [6.45, 7) is 0. The Morgan fingerprint density at radius 2 is 1.74 bits per heavy atom. The number of nitrogens with one attached hydrogen (secondary N) is 2. The number of sulfone groups is 1. The molecule has 2 rings (SSSR count). The minimum atomic E-state index is -3.19. The predicted molar refractivity (Wildman–Crippen MR) is 71.8 cm³/mol. The van der Waals surface area contributed by atoms with Gasteiger partial charge in [0.15, 0.2) is 0 Å². The van der Waals surface area contributed by atoms with Crippen LogP contribution in [-0.2, 0) is 9.84 Å². The minimum Gasteiger partial charge on any atom is -0.323 e. The second-order valence-corrected chi connectivity index (χ2v) is 6.60. The third-order valence-corrected chi connectivity index (χ3v) is 3.62. The fraction of sp³-hybridized carbons (Fsp3) is 0.273. The summed E-state index contributed by atoms with van der Waals surface area (Å²) in [6, 6.07) is 4.06. The number of hydrogen-bond acceptors (Lipinski definition) is 5. The minimum absolute atomic E-state index is 0.188. The maximum absolute atomic E-state index is 11.2. The van der Waals surface area contributed by atoms with Gasteiger partial charge in [-0.25, -0.2) is 8.42 Å². The summed E-state index contributed by atoms with van der Waals surface area (Å²) in [6.07, 6.45) is 1.10. The van der Waals surface area contributed by atoms with Crippen molar-refractivity contribution in [2.45, 2.75) is 6.04 Å². The average Bonchev–Trinajstić information content (AvgIpc) is 2.27. The molecule has 0 saturated carbocycles. The van der Waals surface area contributed by atoms with Gasteiger partial charge in [0.2, 0.25) is 0 Å². The Bertz CT molecular complexity index is 835. The molecule has 1 aromatic carbocycles. The molecule has 1 atom stereocenters. The first kappa shape index (κ1) is 13.5. The number of aromatic amines is 2. The summed E-state index contributed by atoms with van der Waals surface area (Å²) < 4.78 is 22.4. The molecular weight excluding hydrogens is 270 g/mol. The van der Waals surface area contributed by atoms with Gasteiger partial charge in [-0.1, -0.05) is 6.07 Å². The van der Waals surface area contributed by atoms with Crippen LogP contribution in [-0.4, -0.2) is 30.4 Å². The second-order valence-electron chi connectivity index (χ2n) is 4.41. The van der Waals surface area contributed by atoms with E-state index in [9.17, 15) is 18.0 Å². The second kappa shape index (κ2) is 4.63. The molecule has 0 radical (unpaired) electrons. The van der Waals surface area contributed by atoms with E-state index in [4.69, 9.17) is 5.73 Å². The molecule has 1 aromatic heterocycles. The number of aromatic nitrogens is 2. The highest BCUT2D eigenvalue weighted by Gasteiger charge is 2.13. The lowest BCUT2D eigenvalue weighted by Gasteiger charge is -2.11. The molecule has 0 fully saturated rings. The molecule has 0 aliphatic rings. The molecule has 102 valence electrons. The van der Waals surface area contributed by atoms with Crippen LogP contribution in [0.4, 0.5) is 0 Å². The van der Waals surface area contributed by atoms with E-state index in [2.05, 4.69) is 9.97 Å². The summed E-state index contributed by atoms with van der Waals surface area (Å²) in [4.78, 5) is 27.2. The summed E-state index contributed by atoms with van der Waals surface area (Å²) in [5.74, 6) is -0.188. The Morgan fingerprint density at radius 1 is 1.16 bits per heavy atom. The Balaban J connectivity index is 2.50. The molecule has 1 unspecified atom stereocenters. The van der Waals surface area contributed by atoms with Crippen molar-refractivity contribution in [1.82, 2.24) is 9.97 Å². The van der Waals surface area contributed by atoms with Crippen LogP contribution in [0.3, 0.4) is 0 Å². The molecule has 1 heterocycles. The van der Waals surface area contributed by atoms with Crippen LogP contribution in [0.1, 0.15) is 11.6 Å². The monoisotopic (exact) mass is 283 g/mol. The van der Waals surface area contributed by atoms with Crippen LogP contribution in [0.5, 0.6) is 0 Å². The lowest BCUT2D eigenvalue weighted by atomic mass is 10.1. The lowest BCUT2D eigenvalue weighted by molar-refractivity contribution is 0.595. The van der Waals surface area contributed by atoms with Gasteiger partial charge in [-0.3, -0.25) is 9.59 Å². The maximum atomic E-state index is 11.2. The molecule has 4 N–H and O–H groups in total. The van der Waals surface area contributed by atoms with Crippen LogP contribution in [0.2, 0.25) is 0 Å². The summed E-state index contributed by atoms with van der Waals surface area (Å²) in [5.41, 5.74) is 5.74. The third-order valence-electron chi connectivity index (χ3n) is 2.66. The first-order valence-electron chi connectivity index (χ1n) is 5.46. The molecule has 8 heteroatoms. The molecule has 0 amide bonds. The fourth-order valence-electron chi connectivity index (χ4n) is 1.79. The zero-order valence-electron chi connectivity index (χ0n) is 10.1.